The number of aromatic carboxylic acids is 1. The lowest BCUT2D eigenvalue weighted by Gasteiger charge is -2.21. The Balaban J connectivity index is 1.91. The predicted molar refractivity (Wildman–Crippen MR) is 131 cm³/mol. The summed E-state index contributed by atoms with van der Waals surface area (Å²) in [4.78, 5) is 17.0. The molecule has 6 nitrogen and oxygen atoms in total. The number of hydrogen-bond donors (Lipinski definition) is 2. The van der Waals surface area contributed by atoms with Gasteiger partial charge >= 0.3 is 5.97 Å². The number of thiazole rings is 1. The lowest BCUT2D eigenvalue weighted by atomic mass is 10.0. The highest BCUT2D eigenvalue weighted by molar-refractivity contribution is 7.89. The summed E-state index contributed by atoms with van der Waals surface area (Å²) in [5, 5.41) is 10.9. The molecule has 0 aliphatic rings. The number of carbonyl (C=O) groups is 1. The van der Waals surface area contributed by atoms with Crippen LogP contribution in [0.5, 0.6) is 0 Å². The van der Waals surface area contributed by atoms with Crippen molar-refractivity contribution in [2.75, 3.05) is 0 Å². The first-order chi connectivity index (χ1) is 15.5. The Morgan fingerprint density at radius 1 is 0.970 bits per heavy atom. The Morgan fingerprint density at radius 2 is 1.61 bits per heavy atom. The molecule has 0 atom stereocenters. The number of aromatic nitrogens is 1. The molecule has 3 aromatic carbocycles. The van der Waals surface area contributed by atoms with Gasteiger partial charge in [0.2, 0.25) is 15.0 Å². The Labute approximate surface area is 197 Å². The van der Waals surface area contributed by atoms with E-state index in [0.29, 0.717) is 17.5 Å². The maximum atomic E-state index is 13.1. The predicted octanol–water partition coefficient (Wildman–Crippen LogP) is 5.33. The zero-order chi connectivity index (χ0) is 23.8. The van der Waals surface area contributed by atoms with Crippen molar-refractivity contribution in [3.05, 3.63) is 83.0 Å². The third kappa shape index (κ3) is 4.98. The number of hydrogen-bond acceptors (Lipinski definition) is 5. The monoisotopic (exact) mass is 480 g/mol. The van der Waals surface area contributed by atoms with Crippen LogP contribution in [-0.2, 0) is 16.4 Å². The fourth-order valence-electron chi connectivity index (χ4n) is 3.72. The quantitative estimate of drug-likeness (QED) is 0.389. The standard InChI is InChI=1S/C25H24N2O4S2/c1-25(2,3)27-33(30,31)21-14-13-19(17-11-7-8-12-18(17)21)22-20(26-23(32-22)24(28)29)15-16-9-5-4-6-10-16/h4-14,27H,15H2,1-3H3,(H,28,29). The van der Waals surface area contributed by atoms with E-state index in [9.17, 15) is 18.3 Å². The maximum absolute atomic E-state index is 13.1. The molecule has 170 valence electrons. The van der Waals surface area contributed by atoms with Crippen molar-refractivity contribution in [2.45, 2.75) is 37.6 Å². The minimum atomic E-state index is -3.77. The second kappa shape index (κ2) is 8.70. The fourth-order valence-corrected chi connectivity index (χ4v) is 6.32. The fraction of sp³-hybridized carbons (Fsp3) is 0.200. The summed E-state index contributed by atoms with van der Waals surface area (Å²) >= 11 is 1.10. The summed E-state index contributed by atoms with van der Waals surface area (Å²) in [5.41, 5.74) is 1.79. The van der Waals surface area contributed by atoms with E-state index in [4.69, 9.17) is 0 Å². The lowest BCUT2D eigenvalue weighted by Crippen LogP contribution is -2.40. The van der Waals surface area contributed by atoms with E-state index in [1.54, 1.807) is 45.0 Å². The minimum absolute atomic E-state index is 0.00566. The number of rotatable bonds is 6. The number of benzene rings is 3. The molecule has 0 spiro atoms. The molecule has 33 heavy (non-hydrogen) atoms. The first kappa shape index (κ1) is 23.1. The van der Waals surface area contributed by atoms with E-state index in [1.807, 2.05) is 42.5 Å². The zero-order valence-corrected chi connectivity index (χ0v) is 20.1. The Kier molecular flexibility index (Phi) is 6.09. The second-order valence-electron chi connectivity index (χ2n) is 8.77. The van der Waals surface area contributed by atoms with Crippen LogP contribution in [0, 0.1) is 0 Å². The van der Waals surface area contributed by atoms with Gasteiger partial charge in [-0.1, -0.05) is 60.7 Å². The average Bonchev–Trinajstić information content (AvgIpc) is 3.16. The smallest absolute Gasteiger partial charge is 0.365 e. The van der Waals surface area contributed by atoms with Crippen molar-refractivity contribution < 1.29 is 18.3 Å². The Morgan fingerprint density at radius 3 is 2.24 bits per heavy atom. The molecule has 4 aromatic rings. The Hall–Kier alpha value is -3.07. The normalized spacial score (nSPS) is 12.2. The average molecular weight is 481 g/mol. The molecule has 0 radical (unpaired) electrons. The van der Waals surface area contributed by atoms with Gasteiger partial charge in [-0.2, -0.15) is 0 Å². The molecule has 2 N–H and O–H groups in total. The summed E-state index contributed by atoms with van der Waals surface area (Å²) in [6, 6.07) is 20.3. The first-order valence-electron chi connectivity index (χ1n) is 10.4. The molecule has 8 heteroatoms. The van der Waals surface area contributed by atoms with Crippen LogP contribution >= 0.6 is 11.3 Å². The van der Waals surface area contributed by atoms with Gasteiger partial charge in [0.1, 0.15) is 0 Å². The van der Waals surface area contributed by atoms with Crippen LogP contribution in [0.1, 0.15) is 41.8 Å². The summed E-state index contributed by atoms with van der Waals surface area (Å²) in [5.74, 6) is -1.08. The Bertz CT molecular complexity index is 1440. The highest BCUT2D eigenvalue weighted by Crippen LogP contribution is 2.38. The van der Waals surface area contributed by atoms with E-state index in [2.05, 4.69) is 9.71 Å². The molecule has 0 amide bonds. The maximum Gasteiger partial charge on any atom is 0.365 e. The SMILES string of the molecule is CC(C)(C)NS(=O)(=O)c1ccc(-c2sc(C(=O)O)nc2Cc2ccccc2)c2ccccc12. The van der Waals surface area contributed by atoms with E-state index in [-0.39, 0.29) is 9.90 Å². The van der Waals surface area contributed by atoms with E-state index in [1.165, 1.54) is 0 Å². The number of nitrogens with zero attached hydrogens (tertiary/aromatic N) is 1. The van der Waals surface area contributed by atoms with E-state index >= 15 is 0 Å². The largest absolute Gasteiger partial charge is 0.476 e. The van der Waals surface area contributed by atoms with Crippen LogP contribution in [0.15, 0.2) is 71.6 Å². The molecule has 0 aliphatic carbocycles. The van der Waals surface area contributed by atoms with Crippen LogP contribution in [0.2, 0.25) is 0 Å². The van der Waals surface area contributed by atoms with Gasteiger partial charge in [-0.15, -0.1) is 11.3 Å². The van der Waals surface area contributed by atoms with Crippen LogP contribution in [0.4, 0.5) is 0 Å². The van der Waals surface area contributed by atoms with Gasteiger partial charge in [0, 0.05) is 22.9 Å². The van der Waals surface area contributed by atoms with Gasteiger partial charge in [0.05, 0.1) is 15.5 Å². The molecular formula is C25H24N2O4S2. The molecule has 0 bridgehead atoms. The number of nitrogens with one attached hydrogen (secondary N) is 1. The number of fused-ring (bicyclic) bond motifs is 1. The highest BCUT2D eigenvalue weighted by atomic mass is 32.2. The zero-order valence-electron chi connectivity index (χ0n) is 18.5. The molecular weight excluding hydrogens is 456 g/mol. The van der Waals surface area contributed by atoms with Crippen LogP contribution in [0.3, 0.4) is 0 Å². The van der Waals surface area contributed by atoms with Crippen LogP contribution in [0.25, 0.3) is 21.2 Å². The van der Waals surface area contributed by atoms with Crippen molar-refractivity contribution in [3.8, 4) is 10.4 Å². The minimum Gasteiger partial charge on any atom is -0.476 e. The number of sulfonamides is 1. The van der Waals surface area contributed by atoms with E-state index in [0.717, 1.165) is 32.7 Å². The van der Waals surface area contributed by atoms with Gasteiger partial charge in [0.15, 0.2) is 0 Å². The summed E-state index contributed by atoms with van der Waals surface area (Å²) in [6.07, 6.45) is 0.472. The third-order valence-corrected chi connectivity index (χ3v) is 7.89. The topological polar surface area (TPSA) is 96.4 Å². The first-order valence-corrected chi connectivity index (χ1v) is 12.7. The van der Waals surface area contributed by atoms with Crippen molar-refractivity contribution >= 4 is 38.1 Å². The van der Waals surface area contributed by atoms with Crippen molar-refractivity contribution in [2.24, 2.45) is 0 Å². The molecule has 0 aliphatic heterocycles. The molecule has 1 heterocycles. The number of carboxylic acid groups (broad SMARTS) is 1. The third-order valence-electron chi connectivity index (χ3n) is 4.95. The van der Waals surface area contributed by atoms with Gasteiger partial charge in [-0.3, -0.25) is 0 Å². The van der Waals surface area contributed by atoms with E-state index < -0.39 is 21.5 Å². The molecule has 0 saturated heterocycles. The van der Waals surface area contributed by atoms with Crippen molar-refractivity contribution in [3.63, 3.8) is 0 Å². The lowest BCUT2D eigenvalue weighted by molar-refractivity contribution is 0.0696. The summed E-state index contributed by atoms with van der Waals surface area (Å²) in [6.45, 7) is 5.38. The molecule has 1 aromatic heterocycles. The van der Waals surface area contributed by atoms with Gasteiger partial charge in [0.25, 0.3) is 0 Å². The second-order valence-corrected chi connectivity index (χ2v) is 11.4. The molecule has 0 unspecified atom stereocenters. The summed E-state index contributed by atoms with van der Waals surface area (Å²) < 4.78 is 28.9. The van der Waals surface area contributed by atoms with Crippen LogP contribution < -0.4 is 4.72 Å². The number of carboxylic acids is 1. The molecule has 0 fully saturated rings. The highest BCUT2D eigenvalue weighted by Gasteiger charge is 2.26. The van der Waals surface area contributed by atoms with Gasteiger partial charge in [-0.05, 0) is 37.8 Å². The summed E-state index contributed by atoms with van der Waals surface area (Å²) in [7, 11) is -3.77. The van der Waals surface area contributed by atoms with Crippen LogP contribution in [-0.4, -0.2) is 30.0 Å². The molecule has 4 rings (SSSR count). The van der Waals surface area contributed by atoms with Gasteiger partial charge in [-0.25, -0.2) is 22.9 Å². The van der Waals surface area contributed by atoms with Crippen molar-refractivity contribution in [1.29, 1.82) is 0 Å². The van der Waals surface area contributed by atoms with Crippen molar-refractivity contribution in [1.82, 2.24) is 9.71 Å². The van der Waals surface area contributed by atoms with Gasteiger partial charge < -0.3 is 5.11 Å². The molecule has 0 saturated carbocycles.